The fourth-order valence-electron chi connectivity index (χ4n) is 4.73. The molecule has 0 unspecified atom stereocenters. The van der Waals surface area contributed by atoms with Crippen LogP contribution in [-0.4, -0.2) is 58.7 Å². The van der Waals surface area contributed by atoms with Gasteiger partial charge in [0.2, 0.25) is 10.0 Å². The quantitative estimate of drug-likeness (QED) is 0.391. The monoisotopic (exact) mass is 504 g/mol. The van der Waals surface area contributed by atoms with Crippen LogP contribution in [0.4, 0.5) is 5.82 Å². The second-order valence-corrected chi connectivity index (χ2v) is 11.6. The molecule has 9 heteroatoms. The Morgan fingerprint density at radius 2 is 1.58 bits per heavy atom. The summed E-state index contributed by atoms with van der Waals surface area (Å²) in [6.07, 6.45) is 1.47. The highest BCUT2D eigenvalue weighted by Crippen LogP contribution is 2.30. The highest BCUT2D eigenvalue weighted by Gasteiger charge is 2.29. The number of aryl methyl sites for hydroxylation is 1. The van der Waals surface area contributed by atoms with Crippen LogP contribution >= 0.6 is 0 Å². The summed E-state index contributed by atoms with van der Waals surface area (Å²) in [7, 11) is -3.54. The van der Waals surface area contributed by atoms with E-state index in [1.807, 2.05) is 48.0 Å². The largest absolute Gasteiger partial charge is 0.355 e. The normalized spacial score (nSPS) is 15.5. The van der Waals surface area contributed by atoms with Crippen LogP contribution in [0.2, 0.25) is 0 Å². The maximum absolute atomic E-state index is 13.3. The Kier molecular flexibility index (Phi) is 6.77. The molecule has 0 atom stereocenters. The highest BCUT2D eigenvalue weighted by molar-refractivity contribution is 7.89. The molecule has 2 aromatic heterocycles. The fraction of sp³-hybridized carbons (Fsp3) is 0.370. The Labute approximate surface area is 212 Å². The first-order valence-corrected chi connectivity index (χ1v) is 13.9. The predicted molar refractivity (Wildman–Crippen MR) is 142 cm³/mol. The predicted octanol–water partition coefficient (Wildman–Crippen LogP) is 4.22. The van der Waals surface area contributed by atoms with Gasteiger partial charge in [-0.3, -0.25) is 0 Å². The van der Waals surface area contributed by atoms with Crippen LogP contribution in [-0.2, 0) is 16.4 Å². The summed E-state index contributed by atoms with van der Waals surface area (Å²) in [5.74, 6) is 2.03. The lowest BCUT2D eigenvalue weighted by molar-refractivity contribution is 0.433. The van der Waals surface area contributed by atoms with Gasteiger partial charge in [0.15, 0.2) is 5.65 Å². The zero-order valence-electron chi connectivity index (χ0n) is 21.0. The van der Waals surface area contributed by atoms with E-state index < -0.39 is 10.0 Å². The molecule has 0 aliphatic carbocycles. The Bertz CT molecular complexity index is 1450. The van der Waals surface area contributed by atoms with Crippen molar-refractivity contribution in [1.82, 2.24) is 24.1 Å². The molecule has 0 radical (unpaired) electrons. The van der Waals surface area contributed by atoms with E-state index in [1.165, 1.54) is 0 Å². The Morgan fingerprint density at radius 3 is 2.28 bits per heavy atom. The number of nitrogens with zero attached hydrogens (tertiary/aromatic N) is 6. The number of sulfonamides is 1. The Hall–Kier alpha value is -3.30. The van der Waals surface area contributed by atoms with Crippen molar-refractivity contribution in [3.63, 3.8) is 0 Å². The van der Waals surface area contributed by atoms with Crippen molar-refractivity contribution in [3.8, 4) is 5.69 Å². The minimum atomic E-state index is -3.54. The summed E-state index contributed by atoms with van der Waals surface area (Å²) in [4.78, 5) is 12.5. The zero-order chi connectivity index (χ0) is 25.3. The third-order valence-electron chi connectivity index (χ3n) is 6.46. The molecule has 8 nitrogen and oxygen atoms in total. The molecule has 1 aliphatic rings. The molecule has 1 saturated heterocycles. The molecule has 0 amide bonds. The van der Waals surface area contributed by atoms with Crippen molar-refractivity contribution in [2.45, 2.75) is 38.5 Å². The number of rotatable bonds is 6. The summed E-state index contributed by atoms with van der Waals surface area (Å²) in [5, 5.41) is 5.76. The number of hydrogen-bond acceptors (Lipinski definition) is 6. The van der Waals surface area contributed by atoms with Gasteiger partial charge < -0.3 is 4.90 Å². The number of hydrogen-bond donors (Lipinski definition) is 0. The summed E-state index contributed by atoms with van der Waals surface area (Å²) < 4.78 is 30.0. The van der Waals surface area contributed by atoms with Crippen molar-refractivity contribution in [2.75, 3.05) is 31.1 Å². The minimum absolute atomic E-state index is 0.335. The van der Waals surface area contributed by atoms with Gasteiger partial charge in [0, 0.05) is 32.6 Å². The third-order valence-corrected chi connectivity index (χ3v) is 8.37. The SMILES string of the molecule is Cc1nn(-c2ccccc2)c2nc(CC(C)C)nc(N3CCCN(S(=O)(=O)c4ccccc4)CC3)c12. The first-order chi connectivity index (χ1) is 17.3. The molecule has 0 saturated carbocycles. The van der Waals surface area contributed by atoms with Gasteiger partial charge in [-0.25, -0.2) is 23.1 Å². The first-order valence-electron chi connectivity index (χ1n) is 12.5. The van der Waals surface area contributed by atoms with Crippen molar-refractivity contribution in [1.29, 1.82) is 0 Å². The molecule has 4 aromatic rings. The van der Waals surface area contributed by atoms with Crippen LogP contribution in [0.15, 0.2) is 65.6 Å². The molecule has 0 spiro atoms. The van der Waals surface area contributed by atoms with Crippen molar-refractivity contribution in [2.24, 2.45) is 5.92 Å². The van der Waals surface area contributed by atoms with E-state index in [1.54, 1.807) is 28.6 Å². The smallest absolute Gasteiger partial charge is 0.243 e. The van der Waals surface area contributed by atoms with Crippen LogP contribution in [0.25, 0.3) is 16.7 Å². The molecule has 5 rings (SSSR count). The molecule has 1 fully saturated rings. The van der Waals surface area contributed by atoms with Gasteiger partial charge in [0.25, 0.3) is 0 Å². The number of aromatic nitrogens is 4. The van der Waals surface area contributed by atoms with E-state index in [4.69, 9.17) is 15.1 Å². The Morgan fingerprint density at radius 1 is 0.889 bits per heavy atom. The van der Waals surface area contributed by atoms with Crippen LogP contribution < -0.4 is 4.90 Å². The van der Waals surface area contributed by atoms with Gasteiger partial charge in [-0.05, 0) is 43.5 Å². The number of benzene rings is 2. The molecule has 2 aromatic carbocycles. The summed E-state index contributed by atoms with van der Waals surface area (Å²) in [6.45, 7) is 8.44. The molecular weight excluding hydrogens is 472 g/mol. The lowest BCUT2D eigenvalue weighted by atomic mass is 10.1. The molecule has 0 bridgehead atoms. The second kappa shape index (κ2) is 9.99. The van der Waals surface area contributed by atoms with Crippen molar-refractivity contribution < 1.29 is 8.42 Å². The van der Waals surface area contributed by atoms with Crippen LogP contribution in [0.1, 0.15) is 31.8 Å². The molecule has 3 heterocycles. The van der Waals surface area contributed by atoms with E-state index in [-0.39, 0.29) is 0 Å². The van der Waals surface area contributed by atoms with Crippen molar-refractivity contribution in [3.05, 3.63) is 72.2 Å². The highest BCUT2D eigenvalue weighted by atomic mass is 32.2. The maximum atomic E-state index is 13.3. The lowest BCUT2D eigenvalue weighted by Crippen LogP contribution is -2.35. The lowest BCUT2D eigenvalue weighted by Gasteiger charge is -2.24. The van der Waals surface area contributed by atoms with Crippen molar-refractivity contribution >= 4 is 26.9 Å². The standard InChI is InChI=1S/C27H32N6O2S/c1-20(2)19-24-28-26(25-21(3)30-33(27(25)29-24)22-11-6-4-7-12-22)31-15-10-16-32(18-17-31)36(34,35)23-13-8-5-9-14-23/h4-9,11-14,20H,10,15-19H2,1-3H3. The van der Waals surface area contributed by atoms with Gasteiger partial charge in [0.1, 0.15) is 11.6 Å². The van der Waals surface area contributed by atoms with Gasteiger partial charge in [-0.2, -0.15) is 9.40 Å². The van der Waals surface area contributed by atoms with E-state index in [2.05, 4.69) is 18.7 Å². The topological polar surface area (TPSA) is 84.2 Å². The van der Waals surface area contributed by atoms with Gasteiger partial charge in [-0.15, -0.1) is 0 Å². The van der Waals surface area contributed by atoms with Crippen LogP contribution in [0.3, 0.4) is 0 Å². The van der Waals surface area contributed by atoms with E-state index in [0.29, 0.717) is 43.4 Å². The van der Waals surface area contributed by atoms with Crippen LogP contribution in [0, 0.1) is 12.8 Å². The first kappa shape index (κ1) is 24.4. The zero-order valence-corrected chi connectivity index (χ0v) is 21.8. The number of anilines is 1. The summed E-state index contributed by atoms with van der Waals surface area (Å²) >= 11 is 0. The average Bonchev–Trinajstić information content (AvgIpc) is 3.04. The van der Waals surface area contributed by atoms with Gasteiger partial charge in [0.05, 0.1) is 21.7 Å². The van der Waals surface area contributed by atoms with Gasteiger partial charge in [-0.1, -0.05) is 50.2 Å². The number of para-hydroxylation sites is 1. The Balaban J connectivity index is 1.54. The molecule has 1 aliphatic heterocycles. The molecule has 188 valence electrons. The molecule has 36 heavy (non-hydrogen) atoms. The molecular formula is C27H32N6O2S. The molecule has 0 N–H and O–H groups in total. The van der Waals surface area contributed by atoms with E-state index in [0.717, 1.165) is 40.5 Å². The van der Waals surface area contributed by atoms with Crippen LogP contribution in [0.5, 0.6) is 0 Å². The van der Waals surface area contributed by atoms with Gasteiger partial charge >= 0.3 is 0 Å². The van der Waals surface area contributed by atoms with E-state index in [9.17, 15) is 8.42 Å². The minimum Gasteiger partial charge on any atom is -0.355 e. The third kappa shape index (κ3) is 4.73. The number of fused-ring (bicyclic) bond motifs is 1. The summed E-state index contributed by atoms with van der Waals surface area (Å²) in [5.41, 5.74) is 2.60. The average molecular weight is 505 g/mol. The maximum Gasteiger partial charge on any atom is 0.243 e. The fourth-order valence-corrected chi connectivity index (χ4v) is 6.22. The second-order valence-electron chi connectivity index (χ2n) is 9.65. The summed E-state index contributed by atoms with van der Waals surface area (Å²) in [6, 6.07) is 18.7. The van der Waals surface area contributed by atoms with E-state index >= 15 is 0 Å².